The second kappa shape index (κ2) is 6.96. The number of nitrogens with zero attached hydrogens (tertiary/aromatic N) is 3. The molecule has 3 aliphatic rings. The van der Waals surface area contributed by atoms with Crippen LogP contribution in [0.4, 0.5) is 11.5 Å². The second-order valence-corrected chi connectivity index (χ2v) is 7.99. The molecule has 0 bridgehead atoms. The van der Waals surface area contributed by atoms with Gasteiger partial charge in [0.25, 0.3) is 5.91 Å². The molecule has 7 nitrogen and oxygen atoms in total. The number of hydrogen-bond acceptors (Lipinski definition) is 5. The van der Waals surface area contributed by atoms with E-state index in [-0.39, 0.29) is 5.91 Å². The molecule has 2 N–H and O–H groups in total. The van der Waals surface area contributed by atoms with Gasteiger partial charge in [-0.05, 0) is 43.9 Å². The third kappa shape index (κ3) is 3.04. The number of piperidine rings is 1. The van der Waals surface area contributed by atoms with E-state index in [0.717, 1.165) is 49.6 Å². The summed E-state index contributed by atoms with van der Waals surface area (Å²) in [6.45, 7) is 1.31. The van der Waals surface area contributed by atoms with E-state index in [0.29, 0.717) is 18.2 Å². The molecule has 1 spiro atoms. The van der Waals surface area contributed by atoms with E-state index >= 15 is 0 Å². The summed E-state index contributed by atoms with van der Waals surface area (Å²) in [5, 5.41) is 7.19. The van der Waals surface area contributed by atoms with Gasteiger partial charge >= 0.3 is 0 Å². The average molecular weight is 379 g/mol. The summed E-state index contributed by atoms with van der Waals surface area (Å²) in [4.78, 5) is 24.4. The fourth-order valence-corrected chi connectivity index (χ4v) is 4.62. The van der Waals surface area contributed by atoms with Crippen molar-refractivity contribution in [2.24, 2.45) is 4.99 Å². The summed E-state index contributed by atoms with van der Waals surface area (Å²) < 4.78 is 5.11. The van der Waals surface area contributed by atoms with Crippen molar-refractivity contribution >= 4 is 23.2 Å². The van der Waals surface area contributed by atoms with E-state index in [4.69, 9.17) is 9.41 Å². The predicted molar refractivity (Wildman–Crippen MR) is 108 cm³/mol. The van der Waals surface area contributed by atoms with Crippen LogP contribution in [-0.4, -0.2) is 46.3 Å². The molecule has 4 heterocycles. The number of aromatic nitrogens is 1. The van der Waals surface area contributed by atoms with Crippen LogP contribution in [0.15, 0.2) is 46.3 Å². The molecule has 2 aromatic heterocycles. The van der Waals surface area contributed by atoms with Gasteiger partial charge in [-0.2, -0.15) is 0 Å². The first-order valence-electron chi connectivity index (χ1n) is 10.1. The number of rotatable bonds is 2. The summed E-state index contributed by atoms with van der Waals surface area (Å²) in [7, 11) is 0. The van der Waals surface area contributed by atoms with E-state index in [9.17, 15) is 4.79 Å². The lowest BCUT2D eigenvalue weighted by molar-refractivity contribution is 0.0693. The van der Waals surface area contributed by atoms with Crippen molar-refractivity contribution in [1.29, 1.82) is 0 Å². The summed E-state index contributed by atoms with van der Waals surface area (Å²) >= 11 is 0. The van der Waals surface area contributed by atoms with Gasteiger partial charge < -0.3 is 20.0 Å². The lowest BCUT2D eigenvalue weighted by Gasteiger charge is -2.47. The zero-order chi connectivity index (χ0) is 19.0. The summed E-state index contributed by atoms with van der Waals surface area (Å²) in [5.74, 6) is 1.74. The fraction of sp³-hybridized carbons (Fsp3) is 0.476. The van der Waals surface area contributed by atoms with E-state index < -0.39 is 5.54 Å². The Morgan fingerprint density at radius 2 is 2.18 bits per heavy atom. The van der Waals surface area contributed by atoms with Crippen LogP contribution < -0.4 is 10.6 Å². The van der Waals surface area contributed by atoms with E-state index in [1.807, 2.05) is 17.0 Å². The number of aliphatic imine (C=N–C) groups is 1. The third-order valence-corrected chi connectivity index (χ3v) is 6.06. The maximum Gasteiger partial charge on any atom is 0.257 e. The molecule has 2 aromatic rings. The van der Waals surface area contributed by atoms with Crippen molar-refractivity contribution in [3.63, 3.8) is 0 Å². The topological polar surface area (TPSA) is 82.8 Å². The van der Waals surface area contributed by atoms with E-state index in [2.05, 4.69) is 15.6 Å². The molecule has 0 radical (unpaired) electrons. The molecule has 2 aliphatic heterocycles. The highest BCUT2D eigenvalue weighted by Gasteiger charge is 2.45. The zero-order valence-corrected chi connectivity index (χ0v) is 15.9. The molecule has 146 valence electrons. The van der Waals surface area contributed by atoms with Gasteiger partial charge in [0, 0.05) is 12.7 Å². The Balaban J connectivity index is 1.49. The minimum Gasteiger partial charge on any atom is -0.472 e. The second-order valence-electron chi connectivity index (χ2n) is 7.99. The number of hydrogen-bond donors (Lipinski definition) is 2. The lowest BCUT2D eigenvalue weighted by Crippen LogP contribution is -2.62. The van der Waals surface area contributed by atoms with Crippen molar-refractivity contribution in [3.05, 3.63) is 42.5 Å². The minimum atomic E-state index is -0.406. The van der Waals surface area contributed by atoms with Crippen LogP contribution in [0.2, 0.25) is 0 Å². The van der Waals surface area contributed by atoms with Crippen molar-refractivity contribution in [1.82, 2.24) is 9.88 Å². The molecule has 1 atom stereocenters. The maximum absolute atomic E-state index is 12.9. The molecular formula is C21H25N5O2. The van der Waals surface area contributed by atoms with Crippen LogP contribution in [0.3, 0.4) is 0 Å². The number of likely N-dealkylation sites (tertiary alicyclic amines) is 1. The number of pyridine rings is 1. The van der Waals surface area contributed by atoms with Gasteiger partial charge in [0.2, 0.25) is 0 Å². The lowest BCUT2D eigenvalue weighted by atomic mass is 9.85. The van der Waals surface area contributed by atoms with Crippen molar-refractivity contribution in [2.45, 2.75) is 50.1 Å². The van der Waals surface area contributed by atoms with Gasteiger partial charge in [-0.1, -0.05) is 12.8 Å². The number of amidine groups is 1. The monoisotopic (exact) mass is 379 g/mol. The van der Waals surface area contributed by atoms with Gasteiger partial charge in [-0.25, -0.2) is 4.98 Å². The number of carbonyl (C=O) groups is 1. The van der Waals surface area contributed by atoms with Gasteiger partial charge in [0.05, 0.1) is 30.1 Å². The third-order valence-electron chi connectivity index (χ3n) is 6.06. The Hall–Kier alpha value is -2.83. The Labute approximate surface area is 164 Å². The van der Waals surface area contributed by atoms with Crippen molar-refractivity contribution < 1.29 is 9.21 Å². The highest BCUT2D eigenvalue weighted by molar-refractivity contribution is 6.09. The van der Waals surface area contributed by atoms with Crippen LogP contribution in [0.25, 0.3) is 0 Å². The average Bonchev–Trinajstić information content (AvgIpc) is 3.42. The first kappa shape index (κ1) is 17.3. The zero-order valence-electron chi connectivity index (χ0n) is 15.9. The molecule has 0 aromatic carbocycles. The number of carbonyl (C=O) groups excluding carboxylic acids is 1. The van der Waals surface area contributed by atoms with Crippen LogP contribution in [0.1, 0.15) is 48.9 Å². The Bertz CT molecular complexity index is 888. The summed E-state index contributed by atoms with van der Waals surface area (Å²) in [6, 6.07) is 6.03. The molecule has 1 saturated carbocycles. The van der Waals surface area contributed by atoms with Crippen LogP contribution >= 0.6 is 0 Å². The molecule has 28 heavy (non-hydrogen) atoms. The first-order valence-corrected chi connectivity index (χ1v) is 10.1. The molecular weight excluding hydrogens is 354 g/mol. The smallest absolute Gasteiger partial charge is 0.257 e. The number of anilines is 2. The van der Waals surface area contributed by atoms with Gasteiger partial charge in [0.15, 0.2) is 5.82 Å². The van der Waals surface area contributed by atoms with E-state index in [1.54, 1.807) is 18.5 Å². The quantitative estimate of drug-likeness (QED) is 0.834. The van der Waals surface area contributed by atoms with Crippen molar-refractivity contribution in [2.75, 3.05) is 23.7 Å². The number of furan rings is 1. The highest BCUT2D eigenvalue weighted by atomic mass is 16.3. The minimum absolute atomic E-state index is 0.00632. The number of nitrogens with one attached hydrogen (secondary N) is 2. The normalized spacial score (nSPS) is 26.1. The van der Waals surface area contributed by atoms with E-state index in [1.165, 1.54) is 19.1 Å². The Morgan fingerprint density at radius 1 is 1.29 bits per heavy atom. The van der Waals surface area contributed by atoms with Gasteiger partial charge in [-0.3, -0.25) is 9.79 Å². The van der Waals surface area contributed by atoms with Crippen LogP contribution in [-0.2, 0) is 0 Å². The predicted octanol–water partition coefficient (Wildman–Crippen LogP) is 3.53. The maximum atomic E-state index is 12.9. The van der Waals surface area contributed by atoms with Crippen molar-refractivity contribution in [3.8, 4) is 0 Å². The molecule has 2 fully saturated rings. The molecule has 1 amide bonds. The fourth-order valence-electron chi connectivity index (χ4n) is 4.62. The van der Waals surface area contributed by atoms with Gasteiger partial charge in [0.1, 0.15) is 17.6 Å². The van der Waals surface area contributed by atoms with Crippen LogP contribution in [0, 0.1) is 0 Å². The summed E-state index contributed by atoms with van der Waals surface area (Å²) in [6.07, 6.45) is 11.4. The number of fused-ring (bicyclic) bond motifs is 1. The Kier molecular flexibility index (Phi) is 4.30. The molecule has 5 rings (SSSR count). The molecule has 1 aliphatic carbocycles. The van der Waals surface area contributed by atoms with Gasteiger partial charge in [-0.15, -0.1) is 0 Å². The standard InChI is InChI=1S/C21H25N5O2/c27-19(15-8-12-28-13-15)26-11-4-9-21(14-26)20(23-16-5-1-2-6-16)24-18-17(25-21)7-3-10-22-18/h3,7-8,10,12-13,16,25H,1-2,4-6,9,11,14H2,(H,22,23,24)/t21-/m1/s1. The molecule has 0 unspecified atom stereocenters. The first-order chi connectivity index (χ1) is 13.7. The SMILES string of the molecule is O=C(c1ccoc1)N1CCC[C@]2(C1)Nc1cccnc1NC2=NC1CCCC1. The highest BCUT2D eigenvalue weighted by Crippen LogP contribution is 2.36. The molecule has 1 saturated heterocycles. The largest absolute Gasteiger partial charge is 0.472 e. The van der Waals surface area contributed by atoms with Crippen LogP contribution in [0.5, 0.6) is 0 Å². The molecule has 7 heteroatoms. The summed E-state index contributed by atoms with van der Waals surface area (Å²) in [5.41, 5.74) is 1.15. The number of amides is 1. The Morgan fingerprint density at radius 3 is 3.00 bits per heavy atom.